The molecule has 2 aliphatic rings. The van der Waals surface area contributed by atoms with Crippen molar-refractivity contribution in [3.63, 3.8) is 0 Å². The predicted octanol–water partition coefficient (Wildman–Crippen LogP) is 1.81. The summed E-state index contributed by atoms with van der Waals surface area (Å²) in [4.78, 5) is 12.8. The number of halogens is 3. The summed E-state index contributed by atoms with van der Waals surface area (Å²) in [5, 5.41) is 0. The van der Waals surface area contributed by atoms with Gasteiger partial charge in [0.05, 0.1) is 0 Å². The van der Waals surface area contributed by atoms with Crippen LogP contribution >= 0.6 is 0 Å². The average Bonchev–Trinajstić information content (AvgIpc) is 2.93. The topological polar surface area (TPSA) is 46.3 Å². The van der Waals surface area contributed by atoms with Gasteiger partial charge in [0, 0.05) is 18.0 Å². The van der Waals surface area contributed by atoms with E-state index in [9.17, 15) is 18.0 Å². The Morgan fingerprint density at radius 3 is 2.29 bits per heavy atom. The van der Waals surface area contributed by atoms with Crippen molar-refractivity contribution in [3.8, 4) is 0 Å². The zero-order chi connectivity index (χ0) is 12.7. The lowest BCUT2D eigenvalue weighted by Gasteiger charge is -2.39. The van der Waals surface area contributed by atoms with Crippen LogP contribution in [-0.2, 0) is 4.79 Å². The van der Waals surface area contributed by atoms with E-state index in [0.29, 0.717) is 12.8 Å². The Morgan fingerprint density at radius 2 is 1.94 bits per heavy atom. The molecule has 3 nitrogen and oxygen atoms in total. The zero-order valence-corrected chi connectivity index (χ0v) is 9.59. The van der Waals surface area contributed by atoms with Crippen molar-refractivity contribution in [2.45, 2.75) is 56.3 Å². The Labute approximate surface area is 98.1 Å². The van der Waals surface area contributed by atoms with E-state index in [4.69, 9.17) is 5.73 Å². The largest absolute Gasteiger partial charge is 0.406 e. The quantitative estimate of drug-likeness (QED) is 0.827. The van der Waals surface area contributed by atoms with E-state index in [1.165, 1.54) is 0 Å². The fourth-order valence-corrected chi connectivity index (χ4v) is 2.21. The first-order valence-corrected chi connectivity index (χ1v) is 5.94. The van der Waals surface area contributed by atoms with E-state index in [1.807, 2.05) is 0 Å². The third kappa shape index (κ3) is 3.34. The molecule has 2 N–H and O–H groups in total. The van der Waals surface area contributed by atoms with Gasteiger partial charge in [0.15, 0.2) is 0 Å². The number of nitrogens with zero attached hydrogens (tertiary/aromatic N) is 1. The molecule has 0 spiro atoms. The van der Waals surface area contributed by atoms with Gasteiger partial charge in [0.1, 0.15) is 6.54 Å². The average molecular weight is 250 g/mol. The molecule has 1 amide bonds. The van der Waals surface area contributed by atoms with Crippen LogP contribution in [0.3, 0.4) is 0 Å². The lowest BCUT2D eigenvalue weighted by atomic mass is 9.75. The van der Waals surface area contributed by atoms with Crippen molar-refractivity contribution in [2.24, 2.45) is 5.73 Å². The molecule has 0 aromatic heterocycles. The third-order valence-electron chi connectivity index (χ3n) is 3.51. The van der Waals surface area contributed by atoms with Crippen LogP contribution in [0.25, 0.3) is 0 Å². The molecular formula is C11H17F3N2O. The van der Waals surface area contributed by atoms with Gasteiger partial charge in [-0.2, -0.15) is 13.2 Å². The van der Waals surface area contributed by atoms with Gasteiger partial charge >= 0.3 is 6.18 Å². The van der Waals surface area contributed by atoms with Crippen LogP contribution in [-0.4, -0.2) is 35.1 Å². The normalized spacial score (nSPS) is 23.1. The number of carbonyl (C=O) groups excluding carboxylic acids is 1. The molecule has 2 rings (SSSR count). The van der Waals surface area contributed by atoms with Gasteiger partial charge in [-0.05, 0) is 32.1 Å². The highest BCUT2D eigenvalue weighted by Gasteiger charge is 2.43. The molecule has 98 valence electrons. The number of amides is 1. The Balaban J connectivity index is 1.93. The summed E-state index contributed by atoms with van der Waals surface area (Å²) < 4.78 is 37.1. The monoisotopic (exact) mass is 250 g/mol. The minimum atomic E-state index is -4.32. The minimum absolute atomic E-state index is 0.0551. The van der Waals surface area contributed by atoms with Crippen molar-refractivity contribution < 1.29 is 18.0 Å². The molecule has 0 aromatic rings. The van der Waals surface area contributed by atoms with E-state index in [1.54, 1.807) is 0 Å². The third-order valence-corrected chi connectivity index (χ3v) is 3.51. The molecule has 0 bridgehead atoms. The summed E-state index contributed by atoms with van der Waals surface area (Å²) in [5.74, 6) is -0.438. The summed E-state index contributed by atoms with van der Waals surface area (Å²) in [5.41, 5.74) is 5.35. The summed E-state index contributed by atoms with van der Waals surface area (Å²) in [6.07, 6.45) is -0.461. The van der Waals surface area contributed by atoms with Crippen LogP contribution in [0.4, 0.5) is 13.2 Å². The van der Waals surface area contributed by atoms with E-state index >= 15 is 0 Å². The van der Waals surface area contributed by atoms with Crippen LogP contribution in [0.1, 0.15) is 38.5 Å². The molecule has 0 heterocycles. The minimum Gasteiger partial charge on any atom is -0.331 e. The highest BCUT2D eigenvalue weighted by Crippen LogP contribution is 2.36. The van der Waals surface area contributed by atoms with E-state index in [0.717, 1.165) is 24.2 Å². The van der Waals surface area contributed by atoms with Crippen molar-refractivity contribution >= 4 is 5.91 Å². The fourth-order valence-electron chi connectivity index (χ4n) is 2.21. The molecule has 0 aromatic carbocycles. The Morgan fingerprint density at radius 1 is 1.35 bits per heavy atom. The van der Waals surface area contributed by atoms with Gasteiger partial charge in [-0.15, -0.1) is 0 Å². The number of hydrogen-bond donors (Lipinski definition) is 1. The number of rotatable bonds is 4. The second kappa shape index (κ2) is 4.15. The second-order valence-corrected chi connectivity index (χ2v) is 5.26. The number of nitrogens with two attached hydrogens (primary N) is 1. The van der Waals surface area contributed by atoms with Crippen LogP contribution in [0.2, 0.25) is 0 Å². The number of hydrogen-bond acceptors (Lipinski definition) is 2. The molecule has 17 heavy (non-hydrogen) atoms. The number of carbonyl (C=O) groups is 1. The summed E-state index contributed by atoms with van der Waals surface area (Å²) in [7, 11) is 0. The molecule has 2 saturated carbocycles. The lowest BCUT2D eigenvalue weighted by Crippen LogP contribution is -2.52. The van der Waals surface area contributed by atoms with Gasteiger partial charge in [0.25, 0.3) is 0 Å². The maximum atomic E-state index is 12.4. The Hall–Kier alpha value is -0.780. The molecule has 2 fully saturated rings. The summed E-state index contributed by atoms with van der Waals surface area (Å²) in [6, 6.07) is -0.215. The first kappa shape index (κ1) is 12.7. The summed E-state index contributed by atoms with van der Waals surface area (Å²) >= 11 is 0. The van der Waals surface area contributed by atoms with Gasteiger partial charge in [-0.1, -0.05) is 0 Å². The first-order valence-electron chi connectivity index (χ1n) is 5.94. The first-order chi connectivity index (χ1) is 7.79. The second-order valence-electron chi connectivity index (χ2n) is 5.26. The van der Waals surface area contributed by atoms with Gasteiger partial charge in [0.2, 0.25) is 5.91 Å². The lowest BCUT2D eigenvalue weighted by molar-refractivity contribution is -0.163. The van der Waals surface area contributed by atoms with Crippen LogP contribution < -0.4 is 5.73 Å². The van der Waals surface area contributed by atoms with Crippen molar-refractivity contribution in [1.82, 2.24) is 4.90 Å². The van der Waals surface area contributed by atoms with E-state index in [2.05, 4.69) is 0 Å². The molecule has 0 radical (unpaired) electrons. The Bertz CT molecular complexity index is 308. The molecule has 0 saturated heterocycles. The van der Waals surface area contributed by atoms with Gasteiger partial charge in [-0.3, -0.25) is 4.79 Å². The molecule has 0 unspecified atom stereocenters. The van der Waals surface area contributed by atoms with Crippen LogP contribution in [0.5, 0.6) is 0 Å². The highest BCUT2D eigenvalue weighted by atomic mass is 19.4. The molecule has 2 aliphatic carbocycles. The zero-order valence-electron chi connectivity index (χ0n) is 9.59. The Kier molecular flexibility index (Phi) is 3.10. The van der Waals surface area contributed by atoms with Gasteiger partial charge < -0.3 is 10.6 Å². The van der Waals surface area contributed by atoms with E-state index in [-0.39, 0.29) is 12.5 Å². The molecule has 0 aliphatic heterocycles. The molecular weight excluding hydrogens is 233 g/mol. The van der Waals surface area contributed by atoms with Gasteiger partial charge in [-0.25, -0.2) is 0 Å². The molecule has 6 heteroatoms. The van der Waals surface area contributed by atoms with Crippen molar-refractivity contribution in [2.75, 3.05) is 6.54 Å². The van der Waals surface area contributed by atoms with Crippen molar-refractivity contribution in [1.29, 1.82) is 0 Å². The maximum Gasteiger partial charge on any atom is 0.406 e. The number of alkyl halides is 3. The van der Waals surface area contributed by atoms with Crippen LogP contribution in [0.15, 0.2) is 0 Å². The fraction of sp³-hybridized carbons (Fsp3) is 0.909. The summed E-state index contributed by atoms with van der Waals surface area (Å²) in [6.45, 7) is -1.13. The van der Waals surface area contributed by atoms with Crippen molar-refractivity contribution in [3.05, 3.63) is 0 Å². The highest BCUT2D eigenvalue weighted by molar-refractivity contribution is 5.78. The SMILES string of the molecule is NC1(CC(=O)N(CC(F)(F)F)C2CC2)CCC1. The predicted molar refractivity (Wildman–Crippen MR) is 56.2 cm³/mol. The standard InChI is InChI=1S/C11H17F3N2O/c12-11(13,14)7-16(8-2-3-8)9(17)6-10(15)4-1-5-10/h8H,1-7,15H2. The molecule has 0 atom stereocenters. The maximum absolute atomic E-state index is 12.4. The van der Waals surface area contributed by atoms with E-state index < -0.39 is 24.2 Å². The smallest absolute Gasteiger partial charge is 0.331 e. The van der Waals surface area contributed by atoms with Crippen LogP contribution in [0, 0.1) is 0 Å².